The van der Waals surface area contributed by atoms with Crippen LogP contribution in [0.2, 0.25) is 5.02 Å². The third-order valence-corrected chi connectivity index (χ3v) is 5.97. The van der Waals surface area contributed by atoms with Gasteiger partial charge < -0.3 is 5.32 Å². The molecular weight excluding hydrogens is 410 g/mol. The summed E-state index contributed by atoms with van der Waals surface area (Å²) < 4.78 is 3.87. The third kappa shape index (κ3) is 2.89. The molecule has 31 heavy (non-hydrogen) atoms. The minimum absolute atomic E-state index is 0.520. The molecule has 1 aliphatic carbocycles. The topological polar surface area (TPSA) is 72.9 Å². The first-order valence-corrected chi connectivity index (χ1v) is 10.4. The van der Waals surface area contributed by atoms with Crippen LogP contribution in [0.25, 0.3) is 28.2 Å². The number of hydrogen-bond donors (Lipinski definition) is 1. The molecule has 7 nitrogen and oxygen atoms in total. The molecule has 0 unspecified atom stereocenters. The Bertz CT molecular complexity index is 1450. The van der Waals surface area contributed by atoms with E-state index in [-0.39, 0.29) is 0 Å². The van der Waals surface area contributed by atoms with Crippen molar-refractivity contribution in [2.75, 3.05) is 5.32 Å². The number of nitrogens with one attached hydrogen (secondary N) is 1. The molecule has 0 fully saturated rings. The van der Waals surface area contributed by atoms with Gasteiger partial charge in [0.05, 0.1) is 23.3 Å². The maximum absolute atomic E-state index is 6.54. The third-order valence-electron chi connectivity index (χ3n) is 5.64. The zero-order chi connectivity index (χ0) is 20.9. The van der Waals surface area contributed by atoms with Gasteiger partial charge in [-0.25, -0.2) is 15.0 Å². The Morgan fingerprint density at radius 1 is 1.00 bits per heavy atom. The van der Waals surface area contributed by atoms with Crippen LogP contribution in [0.15, 0.2) is 61.1 Å². The quantitative estimate of drug-likeness (QED) is 0.452. The van der Waals surface area contributed by atoms with Crippen molar-refractivity contribution in [1.82, 2.24) is 29.1 Å². The summed E-state index contributed by atoms with van der Waals surface area (Å²) in [6.45, 7) is 0. The number of rotatable bonds is 3. The van der Waals surface area contributed by atoms with E-state index in [2.05, 4.69) is 15.3 Å². The van der Waals surface area contributed by atoms with Crippen LogP contribution in [-0.2, 0) is 19.9 Å². The summed E-state index contributed by atoms with van der Waals surface area (Å²) in [4.78, 5) is 13.9. The average Bonchev–Trinajstić information content (AvgIpc) is 3.35. The van der Waals surface area contributed by atoms with Crippen molar-refractivity contribution >= 4 is 29.0 Å². The van der Waals surface area contributed by atoms with Crippen molar-refractivity contribution in [2.24, 2.45) is 7.05 Å². The fraction of sp³-hybridized carbons (Fsp3) is 0.130. The Morgan fingerprint density at radius 2 is 1.87 bits per heavy atom. The van der Waals surface area contributed by atoms with Gasteiger partial charge in [0.1, 0.15) is 11.5 Å². The predicted molar refractivity (Wildman–Crippen MR) is 121 cm³/mol. The number of anilines is 2. The van der Waals surface area contributed by atoms with E-state index in [0.717, 1.165) is 58.1 Å². The van der Waals surface area contributed by atoms with Crippen molar-refractivity contribution in [3.8, 4) is 22.5 Å². The highest BCUT2D eigenvalue weighted by molar-refractivity contribution is 6.33. The van der Waals surface area contributed by atoms with Gasteiger partial charge in [0.2, 0.25) is 5.95 Å². The van der Waals surface area contributed by atoms with Crippen LogP contribution in [0.3, 0.4) is 0 Å². The highest BCUT2D eigenvalue weighted by Crippen LogP contribution is 2.41. The number of pyridine rings is 1. The first-order valence-electron chi connectivity index (χ1n) is 10.1. The largest absolute Gasteiger partial charge is 0.309 e. The van der Waals surface area contributed by atoms with Gasteiger partial charge in [-0.2, -0.15) is 5.10 Å². The van der Waals surface area contributed by atoms with Gasteiger partial charge in [-0.1, -0.05) is 35.9 Å². The van der Waals surface area contributed by atoms with E-state index >= 15 is 0 Å². The number of benzene rings is 1. The molecule has 0 aliphatic heterocycles. The summed E-state index contributed by atoms with van der Waals surface area (Å²) in [6, 6.07) is 13.7. The zero-order valence-corrected chi connectivity index (χ0v) is 17.5. The molecule has 0 amide bonds. The highest BCUT2D eigenvalue weighted by atomic mass is 35.5. The normalized spacial score (nSPS) is 12.6. The van der Waals surface area contributed by atoms with Crippen molar-refractivity contribution < 1.29 is 0 Å². The number of aromatic nitrogens is 6. The van der Waals surface area contributed by atoms with Gasteiger partial charge in [0.15, 0.2) is 0 Å². The van der Waals surface area contributed by atoms with Crippen LogP contribution < -0.4 is 5.32 Å². The molecule has 0 saturated carbocycles. The van der Waals surface area contributed by atoms with Gasteiger partial charge in [-0.3, -0.25) is 9.08 Å². The molecule has 0 atom stereocenters. The Balaban J connectivity index is 1.48. The van der Waals surface area contributed by atoms with E-state index in [1.807, 2.05) is 71.0 Å². The molecule has 5 aromatic rings. The van der Waals surface area contributed by atoms with Crippen molar-refractivity contribution in [3.05, 3.63) is 77.3 Å². The van der Waals surface area contributed by atoms with E-state index in [1.54, 1.807) is 6.20 Å². The fourth-order valence-electron chi connectivity index (χ4n) is 4.22. The minimum atomic E-state index is 0.520. The van der Waals surface area contributed by atoms with Crippen LogP contribution >= 0.6 is 11.6 Å². The van der Waals surface area contributed by atoms with Crippen LogP contribution in [-0.4, -0.2) is 29.1 Å². The first-order chi connectivity index (χ1) is 15.2. The molecule has 0 spiro atoms. The molecule has 0 radical (unpaired) electrons. The Hall–Kier alpha value is -3.71. The van der Waals surface area contributed by atoms with Gasteiger partial charge in [0, 0.05) is 35.6 Å². The Kier molecular flexibility index (Phi) is 4.04. The van der Waals surface area contributed by atoms with E-state index < -0.39 is 0 Å². The maximum Gasteiger partial charge on any atom is 0.228 e. The summed E-state index contributed by atoms with van der Waals surface area (Å²) in [5.41, 5.74) is 6.85. The highest BCUT2D eigenvalue weighted by Gasteiger charge is 2.27. The molecule has 4 heterocycles. The minimum Gasteiger partial charge on any atom is -0.309 e. The number of nitrogens with zero attached hydrogens (tertiary/aromatic N) is 6. The van der Waals surface area contributed by atoms with E-state index in [1.165, 1.54) is 0 Å². The molecule has 4 aromatic heterocycles. The lowest BCUT2D eigenvalue weighted by atomic mass is 9.91. The first kappa shape index (κ1) is 18.1. The summed E-state index contributed by atoms with van der Waals surface area (Å²) >= 11 is 6.54. The van der Waals surface area contributed by atoms with Crippen molar-refractivity contribution in [1.29, 1.82) is 0 Å². The average molecular weight is 428 g/mol. The Labute approximate surface area is 183 Å². The lowest BCUT2D eigenvalue weighted by molar-refractivity contribution is 0.741. The van der Waals surface area contributed by atoms with E-state index in [9.17, 15) is 0 Å². The molecule has 1 aliphatic rings. The zero-order valence-electron chi connectivity index (χ0n) is 16.7. The van der Waals surface area contributed by atoms with Gasteiger partial charge >= 0.3 is 0 Å². The second-order valence-electron chi connectivity index (χ2n) is 7.54. The smallest absolute Gasteiger partial charge is 0.228 e. The van der Waals surface area contributed by atoms with Gasteiger partial charge in [-0.05, 0) is 36.6 Å². The molecule has 1 N–H and O–H groups in total. The summed E-state index contributed by atoms with van der Waals surface area (Å²) in [5.74, 6) is 1.33. The molecule has 152 valence electrons. The number of aryl methyl sites for hydroxylation is 3. The molecule has 6 rings (SSSR count). The van der Waals surface area contributed by atoms with Crippen LogP contribution in [0.4, 0.5) is 11.8 Å². The monoisotopic (exact) mass is 427 g/mol. The number of halogens is 1. The van der Waals surface area contributed by atoms with Crippen molar-refractivity contribution in [2.45, 2.75) is 12.8 Å². The maximum atomic E-state index is 6.54. The lowest BCUT2D eigenvalue weighted by Crippen LogP contribution is -2.09. The van der Waals surface area contributed by atoms with Crippen LogP contribution in [0.5, 0.6) is 0 Å². The molecular formula is C23H18ClN7. The van der Waals surface area contributed by atoms with Crippen molar-refractivity contribution in [3.63, 3.8) is 0 Å². The van der Waals surface area contributed by atoms with Gasteiger partial charge in [-0.15, -0.1) is 0 Å². The second kappa shape index (κ2) is 6.92. The molecule has 1 aromatic carbocycles. The SMILES string of the molecule is Cn1nc2c(c1-c1ccccc1Cl)-c1nc(Nc3cnc4ccccn34)ncc1CC2. The number of imidazole rings is 1. The predicted octanol–water partition coefficient (Wildman–Crippen LogP) is 4.69. The standard InChI is InChI=1S/C23H18ClN7/c1-30-22(15-6-2-3-7-16(15)24)20-17(29-30)10-9-14-12-26-23(28-21(14)20)27-19-13-25-18-8-4-5-11-31(18)19/h2-8,11-13H,9-10H2,1H3,(H,26,27,28). The fourth-order valence-corrected chi connectivity index (χ4v) is 4.45. The lowest BCUT2D eigenvalue weighted by Gasteiger charge is -2.17. The second-order valence-corrected chi connectivity index (χ2v) is 7.95. The number of hydrogen-bond acceptors (Lipinski definition) is 5. The van der Waals surface area contributed by atoms with Gasteiger partial charge in [0.25, 0.3) is 0 Å². The van der Waals surface area contributed by atoms with Crippen LogP contribution in [0.1, 0.15) is 11.3 Å². The molecule has 0 saturated heterocycles. The number of fused-ring (bicyclic) bond motifs is 4. The van der Waals surface area contributed by atoms with E-state index in [4.69, 9.17) is 21.7 Å². The van der Waals surface area contributed by atoms with Crippen LogP contribution in [0, 0.1) is 0 Å². The Morgan fingerprint density at radius 3 is 2.77 bits per heavy atom. The van der Waals surface area contributed by atoms with E-state index in [0.29, 0.717) is 11.0 Å². The molecule has 8 heteroatoms. The molecule has 0 bridgehead atoms. The summed E-state index contributed by atoms with van der Waals surface area (Å²) in [6.07, 6.45) is 7.35. The summed E-state index contributed by atoms with van der Waals surface area (Å²) in [7, 11) is 1.95. The summed E-state index contributed by atoms with van der Waals surface area (Å²) in [5, 5.41) is 8.78.